The molecule has 1 fully saturated rings. The number of carbonyl (C=O) groups excluding carboxylic acids is 1. The Bertz CT molecular complexity index is 879. The predicted molar refractivity (Wildman–Crippen MR) is 119 cm³/mol. The summed E-state index contributed by atoms with van der Waals surface area (Å²) >= 11 is 0. The average molecular weight is 406 g/mol. The topological polar surface area (TPSA) is 72.3 Å². The van der Waals surface area contributed by atoms with E-state index < -0.39 is 0 Å². The number of piperazine rings is 1. The number of hydrogen-bond acceptors (Lipinski definition) is 4. The minimum atomic E-state index is -0.0347. The molecule has 1 N–H and O–H groups in total. The molecule has 0 aliphatic carbocycles. The Kier molecular flexibility index (Phi) is 7.29. The molecule has 0 saturated carbocycles. The van der Waals surface area contributed by atoms with Crippen LogP contribution in [0.5, 0.6) is 0 Å². The molecule has 3 rings (SSSR count). The van der Waals surface area contributed by atoms with E-state index in [0.717, 1.165) is 18.4 Å². The number of urea groups is 1. The maximum Gasteiger partial charge on any atom is 0.318 e. The summed E-state index contributed by atoms with van der Waals surface area (Å²) in [6, 6.07) is 14.3. The number of nitriles is 1. The minimum Gasteiger partial charge on any atom is -0.352 e. The van der Waals surface area contributed by atoms with Crippen molar-refractivity contribution >= 4 is 11.8 Å². The summed E-state index contributed by atoms with van der Waals surface area (Å²) in [7, 11) is 0. The predicted octanol–water partition coefficient (Wildman–Crippen LogP) is 4.13. The summed E-state index contributed by atoms with van der Waals surface area (Å²) in [6.45, 7) is 8.98. The highest BCUT2D eigenvalue weighted by Crippen LogP contribution is 2.23. The Morgan fingerprint density at radius 1 is 1.17 bits per heavy atom. The number of pyridine rings is 1. The van der Waals surface area contributed by atoms with E-state index in [1.54, 1.807) is 18.3 Å². The lowest BCUT2D eigenvalue weighted by Gasteiger charge is -2.36. The SMILES string of the molecule is CCCc1ccc([C@H](NC(=O)N2CCN(c3ncccc3C#N)CC2)C(C)C)cc1. The summed E-state index contributed by atoms with van der Waals surface area (Å²) in [6.07, 6.45) is 3.91. The van der Waals surface area contributed by atoms with Crippen LogP contribution < -0.4 is 10.2 Å². The van der Waals surface area contributed by atoms with Gasteiger partial charge in [-0.15, -0.1) is 0 Å². The third-order valence-electron chi connectivity index (χ3n) is 5.60. The fourth-order valence-electron chi connectivity index (χ4n) is 3.90. The minimum absolute atomic E-state index is 0.0211. The number of benzene rings is 1. The van der Waals surface area contributed by atoms with Gasteiger partial charge in [-0.1, -0.05) is 51.5 Å². The van der Waals surface area contributed by atoms with Crippen molar-refractivity contribution in [3.63, 3.8) is 0 Å². The number of nitrogens with one attached hydrogen (secondary N) is 1. The van der Waals surface area contributed by atoms with E-state index in [2.05, 4.69) is 66.3 Å². The first-order valence-corrected chi connectivity index (χ1v) is 10.8. The molecule has 0 spiro atoms. The maximum absolute atomic E-state index is 13.0. The molecule has 1 aliphatic rings. The molecule has 1 aromatic heterocycles. The van der Waals surface area contributed by atoms with E-state index in [1.165, 1.54) is 5.56 Å². The van der Waals surface area contributed by atoms with Crippen molar-refractivity contribution in [2.45, 2.75) is 39.7 Å². The summed E-state index contributed by atoms with van der Waals surface area (Å²) in [5, 5.41) is 12.5. The fraction of sp³-hybridized carbons (Fsp3) is 0.458. The number of hydrogen-bond donors (Lipinski definition) is 1. The summed E-state index contributed by atoms with van der Waals surface area (Å²) < 4.78 is 0. The van der Waals surface area contributed by atoms with E-state index in [9.17, 15) is 10.1 Å². The van der Waals surface area contributed by atoms with Crippen molar-refractivity contribution in [3.05, 3.63) is 59.3 Å². The summed E-state index contributed by atoms with van der Waals surface area (Å²) in [4.78, 5) is 21.2. The van der Waals surface area contributed by atoms with Gasteiger partial charge in [0.1, 0.15) is 11.9 Å². The molecule has 2 heterocycles. The quantitative estimate of drug-likeness (QED) is 0.784. The van der Waals surface area contributed by atoms with Crippen molar-refractivity contribution in [1.82, 2.24) is 15.2 Å². The molecule has 2 aromatic rings. The molecule has 158 valence electrons. The zero-order chi connectivity index (χ0) is 21.5. The molecule has 1 aromatic carbocycles. The molecule has 6 nitrogen and oxygen atoms in total. The van der Waals surface area contributed by atoms with E-state index in [-0.39, 0.29) is 12.1 Å². The van der Waals surface area contributed by atoms with Gasteiger partial charge < -0.3 is 15.1 Å². The Morgan fingerprint density at radius 2 is 1.87 bits per heavy atom. The molecule has 1 saturated heterocycles. The van der Waals surface area contributed by atoms with Gasteiger partial charge >= 0.3 is 6.03 Å². The van der Waals surface area contributed by atoms with Crippen LogP contribution in [0.3, 0.4) is 0 Å². The van der Waals surface area contributed by atoms with Crippen LogP contribution in [0.25, 0.3) is 0 Å². The van der Waals surface area contributed by atoms with Gasteiger partial charge in [0.15, 0.2) is 0 Å². The van der Waals surface area contributed by atoms with Gasteiger partial charge in [-0.25, -0.2) is 9.78 Å². The molecule has 1 atom stereocenters. The first-order valence-electron chi connectivity index (χ1n) is 10.8. The van der Waals surface area contributed by atoms with Gasteiger partial charge in [-0.3, -0.25) is 0 Å². The van der Waals surface area contributed by atoms with Crippen molar-refractivity contribution in [2.24, 2.45) is 5.92 Å². The number of amides is 2. The normalized spacial score (nSPS) is 15.0. The number of anilines is 1. The lowest BCUT2D eigenvalue weighted by atomic mass is 9.94. The largest absolute Gasteiger partial charge is 0.352 e. The van der Waals surface area contributed by atoms with Crippen molar-refractivity contribution < 1.29 is 4.79 Å². The molecule has 2 amide bonds. The molecule has 6 heteroatoms. The second-order valence-corrected chi connectivity index (χ2v) is 8.12. The van der Waals surface area contributed by atoms with Crippen LogP contribution in [0.4, 0.5) is 10.6 Å². The molecule has 0 bridgehead atoms. The van der Waals surface area contributed by atoms with Crippen LogP contribution in [0.2, 0.25) is 0 Å². The number of rotatable bonds is 6. The lowest BCUT2D eigenvalue weighted by Crippen LogP contribution is -2.53. The number of carbonyl (C=O) groups is 1. The van der Waals surface area contributed by atoms with E-state index in [1.807, 2.05) is 4.90 Å². The molecular formula is C24H31N5O. The highest BCUT2D eigenvalue weighted by molar-refractivity contribution is 5.75. The van der Waals surface area contributed by atoms with Crippen molar-refractivity contribution in [1.29, 1.82) is 5.26 Å². The smallest absolute Gasteiger partial charge is 0.318 e. The zero-order valence-corrected chi connectivity index (χ0v) is 18.1. The fourth-order valence-corrected chi connectivity index (χ4v) is 3.90. The summed E-state index contributed by atoms with van der Waals surface area (Å²) in [5.74, 6) is 0.992. The standard InChI is InChI=1S/C24H31N5O/c1-4-6-19-8-10-20(11-9-19)22(18(2)3)27-24(30)29-15-13-28(14-16-29)23-21(17-25)7-5-12-26-23/h5,7-12,18,22H,4,6,13-16H2,1-3H3,(H,27,30)/t22-/m1/s1. The molecule has 0 radical (unpaired) electrons. The number of aromatic nitrogens is 1. The molecule has 1 aliphatic heterocycles. The van der Waals surface area contributed by atoms with Crippen molar-refractivity contribution in [3.8, 4) is 6.07 Å². The number of nitrogens with zero attached hydrogens (tertiary/aromatic N) is 4. The monoisotopic (exact) mass is 405 g/mol. The average Bonchev–Trinajstić information content (AvgIpc) is 2.78. The van der Waals surface area contributed by atoms with Crippen LogP contribution in [-0.4, -0.2) is 42.1 Å². The van der Waals surface area contributed by atoms with Crippen LogP contribution >= 0.6 is 0 Å². The maximum atomic E-state index is 13.0. The second kappa shape index (κ2) is 10.1. The van der Waals surface area contributed by atoms with Crippen LogP contribution in [0.1, 0.15) is 49.9 Å². The van der Waals surface area contributed by atoms with E-state index in [0.29, 0.717) is 43.5 Å². The Labute approximate surface area is 179 Å². The molecular weight excluding hydrogens is 374 g/mol. The zero-order valence-electron chi connectivity index (χ0n) is 18.1. The first-order chi connectivity index (χ1) is 14.5. The van der Waals surface area contributed by atoms with Crippen molar-refractivity contribution in [2.75, 3.05) is 31.1 Å². The van der Waals surface area contributed by atoms with Gasteiger partial charge in [0, 0.05) is 32.4 Å². The van der Waals surface area contributed by atoms with E-state index >= 15 is 0 Å². The Balaban J connectivity index is 1.61. The first kappa shape index (κ1) is 21.6. The highest BCUT2D eigenvalue weighted by atomic mass is 16.2. The molecule has 30 heavy (non-hydrogen) atoms. The van der Waals surface area contributed by atoms with Gasteiger partial charge in [0.05, 0.1) is 11.6 Å². The Hall–Kier alpha value is -3.07. The Morgan fingerprint density at radius 3 is 2.47 bits per heavy atom. The number of aryl methyl sites for hydroxylation is 1. The van der Waals surface area contributed by atoms with Gasteiger partial charge in [-0.2, -0.15) is 5.26 Å². The van der Waals surface area contributed by atoms with Gasteiger partial charge in [0.25, 0.3) is 0 Å². The van der Waals surface area contributed by atoms with Gasteiger partial charge in [0.2, 0.25) is 0 Å². The highest BCUT2D eigenvalue weighted by Gasteiger charge is 2.26. The third kappa shape index (κ3) is 5.10. The van der Waals surface area contributed by atoms with Crippen LogP contribution in [0, 0.1) is 17.2 Å². The summed E-state index contributed by atoms with van der Waals surface area (Å²) in [5.41, 5.74) is 3.04. The van der Waals surface area contributed by atoms with E-state index in [4.69, 9.17) is 0 Å². The third-order valence-corrected chi connectivity index (χ3v) is 5.60. The molecule has 0 unspecified atom stereocenters. The van der Waals surface area contributed by atoms with Crippen LogP contribution in [0.15, 0.2) is 42.6 Å². The van der Waals surface area contributed by atoms with Crippen LogP contribution in [-0.2, 0) is 6.42 Å². The lowest BCUT2D eigenvalue weighted by molar-refractivity contribution is 0.186. The second-order valence-electron chi connectivity index (χ2n) is 8.12. The van der Waals surface area contributed by atoms with Gasteiger partial charge in [-0.05, 0) is 35.6 Å².